The highest BCUT2D eigenvalue weighted by Gasteiger charge is 2.25. The molecule has 1 aromatic carbocycles. The Kier molecular flexibility index (Phi) is 9.52. The molecule has 2 amide bonds. The fourth-order valence-corrected chi connectivity index (χ4v) is 2.50. The minimum Gasteiger partial charge on any atom is -0.497 e. The van der Waals surface area contributed by atoms with Gasteiger partial charge < -0.3 is 20.1 Å². The van der Waals surface area contributed by atoms with E-state index in [1.165, 1.54) is 0 Å². The number of benzene rings is 1. The molecule has 0 spiro atoms. The van der Waals surface area contributed by atoms with Crippen molar-refractivity contribution in [3.05, 3.63) is 29.8 Å². The quantitative estimate of drug-likeness (QED) is 0.384. The number of hydrazine groups is 1. The van der Waals surface area contributed by atoms with E-state index in [0.717, 1.165) is 0 Å². The van der Waals surface area contributed by atoms with E-state index in [2.05, 4.69) is 21.5 Å². The van der Waals surface area contributed by atoms with Crippen LogP contribution in [0.15, 0.2) is 24.3 Å². The maximum Gasteiger partial charge on any atom is 0.261 e. The van der Waals surface area contributed by atoms with E-state index in [-0.39, 0.29) is 23.0 Å². The Morgan fingerprint density at radius 3 is 2.19 bits per heavy atom. The van der Waals surface area contributed by atoms with Gasteiger partial charge in [-0.05, 0) is 49.3 Å². The van der Waals surface area contributed by atoms with Gasteiger partial charge in [-0.3, -0.25) is 20.4 Å². The largest absolute Gasteiger partial charge is 0.497 e. The lowest BCUT2D eigenvalue weighted by atomic mass is 10.0. The molecule has 0 saturated carbocycles. The molecule has 150 valence electrons. The lowest BCUT2D eigenvalue weighted by molar-refractivity contribution is -0.124. The van der Waals surface area contributed by atoms with Crippen LogP contribution < -0.4 is 26.2 Å². The van der Waals surface area contributed by atoms with E-state index in [1.54, 1.807) is 38.5 Å². The summed E-state index contributed by atoms with van der Waals surface area (Å²) in [5.41, 5.74) is 5.59. The molecule has 2 atom stereocenters. The van der Waals surface area contributed by atoms with Crippen LogP contribution in [0.25, 0.3) is 0 Å². The zero-order valence-electron chi connectivity index (χ0n) is 16.3. The first-order valence-corrected chi connectivity index (χ1v) is 8.99. The van der Waals surface area contributed by atoms with Gasteiger partial charge in [-0.1, -0.05) is 13.8 Å². The minimum atomic E-state index is -0.730. The second kappa shape index (κ2) is 11.3. The number of thiocarbonyl (C=S) groups is 1. The first kappa shape index (κ1) is 22.7. The van der Waals surface area contributed by atoms with Crippen LogP contribution >= 0.6 is 12.2 Å². The van der Waals surface area contributed by atoms with Crippen molar-refractivity contribution in [1.29, 1.82) is 0 Å². The monoisotopic (exact) mass is 396 g/mol. The highest BCUT2D eigenvalue weighted by Crippen LogP contribution is 2.12. The average molecular weight is 397 g/mol. The zero-order valence-corrected chi connectivity index (χ0v) is 17.1. The molecule has 0 aromatic heterocycles. The third-order valence-electron chi connectivity index (χ3n) is 3.68. The smallest absolute Gasteiger partial charge is 0.261 e. The van der Waals surface area contributed by atoms with Gasteiger partial charge in [0.15, 0.2) is 5.11 Å². The number of hydrogen-bond acceptors (Lipinski definition) is 5. The predicted molar refractivity (Wildman–Crippen MR) is 107 cm³/mol. The second-order valence-electron chi connectivity index (χ2n) is 6.37. The van der Waals surface area contributed by atoms with Crippen molar-refractivity contribution in [1.82, 2.24) is 21.5 Å². The number of hydrogen-bond donors (Lipinski definition) is 4. The van der Waals surface area contributed by atoms with Crippen LogP contribution in [0.2, 0.25) is 0 Å². The molecule has 0 fully saturated rings. The van der Waals surface area contributed by atoms with E-state index in [1.807, 2.05) is 20.8 Å². The standard InChI is InChI=1S/C18H28N4O4S/c1-11(2)15(17(24)21-22-18(27)19-12(3)10-25-4)20-16(23)13-6-8-14(26-5)9-7-13/h6-9,11-12,15H,10H2,1-5H3,(H,20,23)(H,21,24)(H2,19,22,27)/t12-,15-/m0/s1. The van der Waals surface area contributed by atoms with Gasteiger partial charge in [0, 0.05) is 18.7 Å². The fourth-order valence-electron chi connectivity index (χ4n) is 2.25. The average Bonchev–Trinajstić information content (AvgIpc) is 2.63. The van der Waals surface area contributed by atoms with Crippen molar-refractivity contribution in [2.45, 2.75) is 32.9 Å². The van der Waals surface area contributed by atoms with Crippen molar-refractivity contribution in [3.63, 3.8) is 0 Å². The molecule has 4 N–H and O–H groups in total. The van der Waals surface area contributed by atoms with Gasteiger partial charge in [-0.25, -0.2) is 0 Å². The Balaban J connectivity index is 2.62. The Morgan fingerprint density at radius 1 is 1.04 bits per heavy atom. The summed E-state index contributed by atoms with van der Waals surface area (Å²) in [4.78, 5) is 24.9. The maximum absolute atomic E-state index is 12.4. The number of nitrogens with one attached hydrogen (secondary N) is 4. The molecule has 1 aromatic rings. The molecule has 0 radical (unpaired) electrons. The van der Waals surface area contributed by atoms with E-state index >= 15 is 0 Å². The summed E-state index contributed by atoms with van der Waals surface area (Å²) in [6.45, 7) is 6.05. The molecule has 0 aliphatic carbocycles. The van der Waals surface area contributed by atoms with Gasteiger partial charge >= 0.3 is 0 Å². The van der Waals surface area contributed by atoms with Crippen LogP contribution in [-0.4, -0.2) is 49.8 Å². The summed E-state index contributed by atoms with van der Waals surface area (Å²) >= 11 is 5.11. The van der Waals surface area contributed by atoms with Crippen LogP contribution in [0.3, 0.4) is 0 Å². The van der Waals surface area contributed by atoms with Crippen LogP contribution in [0, 0.1) is 5.92 Å². The first-order valence-electron chi connectivity index (χ1n) is 8.58. The summed E-state index contributed by atoms with van der Waals surface area (Å²) < 4.78 is 10.1. The molecule has 27 heavy (non-hydrogen) atoms. The van der Waals surface area contributed by atoms with E-state index in [9.17, 15) is 9.59 Å². The third-order valence-corrected chi connectivity index (χ3v) is 3.90. The van der Waals surface area contributed by atoms with Crippen molar-refractivity contribution >= 4 is 29.1 Å². The topological polar surface area (TPSA) is 101 Å². The summed E-state index contributed by atoms with van der Waals surface area (Å²) in [7, 11) is 3.14. The Labute approximate surface area is 165 Å². The second-order valence-corrected chi connectivity index (χ2v) is 6.78. The number of carbonyl (C=O) groups excluding carboxylic acids is 2. The van der Waals surface area contributed by atoms with Crippen molar-refractivity contribution in [3.8, 4) is 5.75 Å². The summed E-state index contributed by atoms with van der Waals surface area (Å²) in [6.07, 6.45) is 0. The van der Waals surface area contributed by atoms with Crippen molar-refractivity contribution in [2.24, 2.45) is 5.92 Å². The van der Waals surface area contributed by atoms with Gasteiger partial charge in [-0.15, -0.1) is 0 Å². The van der Waals surface area contributed by atoms with Gasteiger partial charge in [0.25, 0.3) is 11.8 Å². The van der Waals surface area contributed by atoms with Crippen LogP contribution in [0.1, 0.15) is 31.1 Å². The molecule has 1 rings (SSSR count). The molecule has 0 heterocycles. The summed E-state index contributed by atoms with van der Waals surface area (Å²) in [5, 5.41) is 5.96. The van der Waals surface area contributed by atoms with Crippen LogP contribution in [-0.2, 0) is 9.53 Å². The third kappa shape index (κ3) is 7.79. The zero-order chi connectivity index (χ0) is 20.4. The molecular weight excluding hydrogens is 368 g/mol. The van der Waals surface area contributed by atoms with E-state index < -0.39 is 11.9 Å². The molecule has 8 nitrogen and oxygen atoms in total. The predicted octanol–water partition coefficient (Wildman–Crippen LogP) is 0.980. The number of ether oxygens (including phenoxy) is 2. The Bertz CT molecular complexity index is 637. The number of rotatable bonds is 8. The maximum atomic E-state index is 12.4. The van der Waals surface area contributed by atoms with Crippen molar-refractivity contribution < 1.29 is 19.1 Å². The molecule has 0 saturated heterocycles. The van der Waals surface area contributed by atoms with Crippen LogP contribution in [0.4, 0.5) is 0 Å². The van der Waals surface area contributed by atoms with Crippen LogP contribution in [0.5, 0.6) is 5.75 Å². The number of methoxy groups -OCH3 is 2. The van der Waals surface area contributed by atoms with Gasteiger partial charge in [0.2, 0.25) is 0 Å². The molecule has 0 aliphatic rings. The van der Waals surface area contributed by atoms with Gasteiger partial charge in [0.1, 0.15) is 11.8 Å². The highest BCUT2D eigenvalue weighted by molar-refractivity contribution is 7.80. The summed E-state index contributed by atoms with van der Waals surface area (Å²) in [6, 6.07) is 5.91. The minimum absolute atomic E-state index is 0.0115. The lowest BCUT2D eigenvalue weighted by Gasteiger charge is -2.23. The van der Waals surface area contributed by atoms with Crippen molar-refractivity contribution in [2.75, 3.05) is 20.8 Å². The molecule has 0 unspecified atom stereocenters. The Hall–Kier alpha value is -2.39. The van der Waals surface area contributed by atoms with E-state index in [4.69, 9.17) is 21.7 Å². The number of amides is 2. The fraction of sp³-hybridized carbons (Fsp3) is 0.500. The normalized spacial score (nSPS) is 12.7. The summed E-state index contributed by atoms with van der Waals surface area (Å²) in [5.74, 6) is -0.211. The molecule has 0 aliphatic heterocycles. The molecule has 9 heteroatoms. The Morgan fingerprint density at radius 2 is 1.67 bits per heavy atom. The number of carbonyl (C=O) groups is 2. The molecule has 0 bridgehead atoms. The highest BCUT2D eigenvalue weighted by atomic mass is 32.1. The van der Waals surface area contributed by atoms with E-state index in [0.29, 0.717) is 17.9 Å². The lowest BCUT2D eigenvalue weighted by Crippen LogP contribution is -2.56. The first-order chi connectivity index (χ1) is 12.8. The van der Waals surface area contributed by atoms with Gasteiger partial charge in [-0.2, -0.15) is 0 Å². The SMILES string of the molecule is COC[C@H](C)NC(=S)NNC(=O)[C@@H](NC(=O)c1ccc(OC)cc1)C(C)C. The molecular formula is C18H28N4O4S. The van der Waals surface area contributed by atoms with Gasteiger partial charge in [0.05, 0.1) is 13.7 Å².